The van der Waals surface area contributed by atoms with E-state index in [-0.39, 0.29) is 24.0 Å². The van der Waals surface area contributed by atoms with E-state index in [2.05, 4.69) is 13.8 Å². The van der Waals surface area contributed by atoms with Gasteiger partial charge in [-0.3, -0.25) is 0 Å². The first-order valence-corrected chi connectivity index (χ1v) is 7.04. The zero-order valence-electron chi connectivity index (χ0n) is 11.4. The second-order valence-electron chi connectivity index (χ2n) is 7.33. The first-order chi connectivity index (χ1) is 8.37. The highest BCUT2D eigenvalue weighted by atomic mass is 16.3. The minimum Gasteiger partial charge on any atom is -0.396 e. The van der Waals surface area contributed by atoms with Crippen LogP contribution in [0.4, 0.5) is 0 Å². The van der Waals surface area contributed by atoms with Crippen LogP contribution in [0.25, 0.3) is 0 Å². The predicted molar refractivity (Wildman–Crippen MR) is 68.9 cm³/mol. The van der Waals surface area contributed by atoms with E-state index in [4.69, 9.17) is 0 Å². The lowest BCUT2D eigenvalue weighted by Gasteiger charge is -2.60. The molecule has 3 rings (SSSR count). The van der Waals surface area contributed by atoms with Crippen LogP contribution < -0.4 is 0 Å². The first-order valence-electron chi connectivity index (χ1n) is 7.04. The van der Waals surface area contributed by atoms with E-state index in [1.807, 2.05) is 0 Å². The van der Waals surface area contributed by atoms with Crippen LogP contribution in [0.2, 0.25) is 0 Å². The zero-order chi connectivity index (χ0) is 13.2. The van der Waals surface area contributed by atoms with E-state index in [1.54, 1.807) is 0 Å². The van der Waals surface area contributed by atoms with Crippen LogP contribution in [0.1, 0.15) is 46.0 Å². The van der Waals surface area contributed by atoms with Gasteiger partial charge in [-0.2, -0.15) is 0 Å². The molecule has 0 aromatic carbocycles. The van der Waals surface area contributed by atoms with Gasteiger partial charge in [0.2, 0.25) is 0 Å². The molecule has 3 aliphatic carbocycles. The average Bonchev–Trinajstić information content (AvgIpc) is 2.66. The van der Waals surface area contributed by atoms with Gasteiger partial charge < -0.3 is 15.3 Å². The van der Waals surface area contributed by atoms with E-state index < -0.39 is 5.60 Å². The van der Waals surface area contributed by atoms with Crippen molar-refractivity contribution in [3.8, 4) is 0 Å². The van der Waals surface area contributed by atoms with Crippen molar-refractivity contribution in [3.05, 3.63) is 11.1 Å². The van der Waals surface area contributed by atoms with E-state index >= 15 is 0 Å². The van der Waals surface area contributed by atoms with Crippen molar-refractivity contribution in [2.24, 2.45) is 16.7 Å². The largest absolute Gasteiger partial charge is 0.396 e. The summed E-state index contributed by atoms with van der Waals surface area (Å²) >= 11 is 0. The molecule has 0 saturated heterocycles. The summed E-state index contributed by atoms with van der Waals surface area (Å²) in [7, 11) is 0. The molecule has 0 radical (unpaired) electrons. The number of aliphatic hydroxyl groups excluding tert-OH is 2. The third-order valence-electron chi connectivity index (χ3n) is 6.01. The molecule has 4 atom stereocenters. The van der Waals surface area contributed by atoms with Crippen LogP contribution in [0.5, 0.6) is 0 Å². The highest BCUT2D eigenvalue weighted by Crippen LogP contribution is 2.65. The normalized spacial score (nSPS) is 50.8. The summed E-state index contributed by atoms with van der Waals surface area (Å²) in [5.74, 6) is 0.454. The van der Waals surface area contributed by atoms with Crippen LogP contribution in [0, 0.1) is 16.7 Å². The minimum absolute atomic E-state index is 0.0283. The van der Waals surface area contributed by atoms with Gasteiger partial charge in [0, 0.05) is 12.0 Å². The minimum atomic E-state index is -0.770. The Balaban J connectivity index is 2.05. The van der Waals surface area contributed by atoms with Crippen LogP contribution in [0.15, 0.2) is 11.1 Å². The van der Waals surface area contributed by atoms with Crippen LogP contribution >= 0.6 is 0 Å². The van der Waals surface area contributed by atoms with Gasteiger partial charge in [0.25, 0.3) is 0 Å². The molecule has 0 bridgehead atoms. The fraction of sp³-hybridized carbons (Fsp3) is 0.867. The van der Waals surface area contributed by atoms with E-state index in [9.17, 15) is 15.3 Å². The highest BCUT2D eigenvalue weighted by molar-refractivity contribution is 5.39. The highest BCUT2D eigenvalue weighted by Gasteiger charge is 2.62. The Morgan fingerprint density at radius 2 is 1.89 bits per heavy atom. The number of hydrogen-bond donors (Lipinski definition) is 3. The SMILES string of the molecule is CC1(CO)CC2=C(CO)C3(O)CCC3(C)CC2C1. The third kappa shape index (κ3) is 1.36. The molecular weight excluding hydrogens is 228 g/mol. The number of fused-ring (bicyclic) bond motifs is 2. The van der Waals surface area contributed by atoms with Crippen molar-refractivity contribution in [2.45, 2.75) is 51.6 Å². The molecule has 0 aromatic rings. The molecule has 3 N–H and O–H groups in total. The number of aliphatic hydroxyl groups is 3. The lowest BCUT2D eigenvalue weighted by Crippen LogP contribution is -2.60. The summed E-state index contributed by atoms with van der Waals surface area (Å²) in [6, 6.07) is 0. The van der Waals surface area contributed by atoms with E-state index in [1.165, 1.54) is 5.57 Å². The van der Waals surface area contributed by atoms with Gasteiger partial charge in [-0.05, 0) is 49.0 Å². The molecule has 2 fully saturated rings. The van der Waals surface area contributed by atoms with Gasteiger partial charge in [0.1, 0.15) is 0 Å². The third-order valence-corrected chi connectivity index (χ3v) is 6.01. The Hall–Kier alpha value is -0.380. The maximum atomic E-state index is 10.9. The molecule has 0 amide bonds. The van der Waals surface area contributed by atoms with E-state index in [0.29, 0.717) is 5.92 Å². The monoisotopic (exact) mass is 252 g/mol. The second-order valence-corrected chi connectivity index (χ2v) is 7.33. The van der Waals surface area contributed by atoms with Gasteiger partial charge in [-0.15, -0.1) is 0 Å². The number of rotatable bonds is 2. The molecule has 102 valence electrons. The average molecular weight is 252 g/mol. The van der Waals surface area contributed by atoms with Crippen molar-refractivity contribution >= 4 is 0 Å². The summed E-state index contributed by atoms with van der Waals surface area (Å²) < 4.78 is 0. The van der Waals surface area contributed by atoms with Crippen LogP contribution in [-0.4, -0.2) is 34.1 Å². The van der Waals surface area contributed by atoms with Gasteiger partial charge >= 0.3 is 0 Å². The molecule has 0 aliphatic heterocycles. The Labute approximate surface area is 109 Å². The number of hydrogen-bond acceptors (Lipinski definition) is 3. The summed E-state index contributed by atoms with van der Waals surface area (Å²) in [5.41, 5.74) is 1.24. The quantitative estimate of drug-likeness (QED) is 0.654. The molecule has 18 heavy (non-hydrogen) atoms. The maximum Gasteiger partial charge on any atom is 0.0935 e. The van der Waals surface area contributed by atoms with Gasteiger partial charge in [0.15, 0.2) is 0 Å². The molecule has 0 aromatic heterocycles. The molecule has 0 heterocycles. The lowest BCUT2D eigenvalue weighted by atomic mass is 9.48. The lowest BCUT2D eigenvalue weighted by molar-refractivity contribution is -0.151. The van der Waals surface area contributed by atoms with Crippen LogP contribution in [0.3, 0.4) is 0 Å². The van der Waals surface area contributed by atoms with Crippen molar-refractivity contribution < 1.29 is 15.3 Å². The number of allylic oxidation sites excluding steroid dienone is 1. The van der Waals surface area contributed by atoms with Crippen LogP contribution in [-0.2, 0) is 0 Å². The Kier molecular flexibility index (Phi) is 2.52. The Morgan fingerprint density at radius 3 is 2.39 bits per heavy atom. The maximum absolute atomic E-state index is 10.9. The Bertz CT molecular complexity index is 416. The molecule has 2 saturated carbocycles. The standard InChI is InChI=1S/C15H24O3/c1-13(9-17)5-10-6-14(2)3-4-15(14,18)12(8-16)11(10)7-13/h10,16-18H,3-9H2,1-2H3. The van der Waals surface area contributed by atoms with Gasteiger partial charge in [0.05, 0.1) is 12.2 Å². The Morgan fingerprint density at radius 1 is 1.17 bits per heavy atom. The predicted octanol–water partition coefficient (Wildman–Crippen LogP) is 1.62. The molecular formula is C15H24O3. The zero-order valence-corrected chi connectivity index (χ0v) is 11.4. The fourth-order valence-electron chi connectivity index (χ4n) is 4.68. The second kappa shape index (κ2) is 3.59. The molecule has 3 nitrogen and oxygen atoms in total. The molecule has 3 aliphatic rings. The summed E-state index contributed by atoms with van der Waals surface area (Å²) in [4.78, 5) is 0. The first kappa shape index (κ1) is 12.6. The van der Waals surface area contributed by atoms with Crippen molar-refractivity contribution in [1.29, 1.82) is 0 Å². The topological polar surface area (TPSA) is 60.7 Å². The van der Waals surface area contributed by atoms with Crippen molar-refractivity contribution in [1.82, 2.24) is 0 Å². The van der Waals surface area contributed by atoms with E-state index in [0.717, 1.165) is 37.7 Å². The van der Waals surface area contributed by atoms with Gasteiger partial charge in [-0.25, -0.2) is 0 Å². The molecule has 4 unspecified atom stereocenters. The summed E-state index contributed by atoms with van der Waals surface area (Å²) in [5, 5.41) is 30.1. The molecule has 3 heteroatoms. The fourth-order valence-corrected chi connectivity index (χ4v) is 4.68. The summed E-state index contributed by atoms with van der Waals surface area (Å²) in [6.07, 6.45) is 4.67. The van der Waals surface area contributed by atoms with Crippen molar-refractivity contribution in [3.63, 3.8) is 0 Å². The smallest absolute Gasteiger partial charge is 0.0935 e. The summed E-state index contributed by atoms with van der Waals surface area (Å²) in [6.45, 7) is 4.43. The van der Waals surface area contributed by atoms with Gasteiger partial charge in [-0.1, -0.05) is 19.4 Å². The van der Waals surface area contributed by atoms with Crippen molar-refractivity contribution in [2.75, 3.05) is 13.2 Å². The molecule has 0 spiro atoms.